The maximum Gasteiger partial charge on any atom is 0.253 e. The van der Waals surface area contributed by atoms with Gasteiger partial charge in [-0.2, -0.15) is 0 Å². The van der Waals surface area contributed by atoms with Crippen molar-refractivity contribution in [3.05, 3.63) is 59.4 Å². The van der Waals surface area contributed by atoms with Crippen molar-refractivity contribution in [2.24, 2.45) is 0 Å². The first-order valence-corrected chi connectivity index (χ1v) is 8.69. The van der Waals surface area contributed by atoms with Gasteiger partial charge in [-0.15, -0.1) is 0 Å². The van der Waals surface area contributed by atoms with Crippen molar-refractivity contribution in [3.63, 3.8) is 0 Å². The Morgan fingerprint density at radius 2 is 2.04 bits per heavy atom. The summed E-state index contributed by atoms with van der Waals surface area (Å²) in [6.45, 7) is 3.06. The van der Waals surface area contributed by atoms with E-state index in [2.05, 4.69) is 10.3 Å². The number of ether oxygens (including phenoxy) is 1. The van der Waals surface area contributed by atoms with Crippen LogP contribution in [-0.2, 0) is 11.2 Å². The van der Waals surface area contributed by atoms with Crippen molar-refractivity contribution in [3.8, 4) is 5.75 Å². The first kappa shape index (κ1) is 17.9. The molecule has 1 aliphatic heterocycles. The third kappa shape index (κ3) is 4.39. The minimum atomic E-state index is -0.188. The lowest BCUT2D eigenvalue weighted by Gasteiger charge is -2.17. The van der Waals surface area contributed by atoms with E-state index in [1.807, 2.05) is 36.1 Å². The van der Waals surface area contributed by atoms with Crippen LogP contribution in [-0.4, -0.2) is 47.9 Å². The number of rotatable bonds is 6. The van der Waals surface area contributed by atoms with Crippen LogP contribution in [0.25, 0.3) is 0 Å². The van der Waals surface area contributed by atoms with Crippen LogP contribution in [0.1, 0.15) is 28.0 Å². The maximum absolute atomic E-state index is 12.3. The van der Waals surface area contributed by atoms with Gasteiger partial charge in [-0.1, -0.05) is 12.1 Å². The zero-order chi connectivity index (χ0) is 18.5. The highest BCUT2D eigenvalue weighted by atomic mass is 16.5. The predicted octanol–water partition coefficient (Wildman–Crippen LogP) is 1.97. The largest absolute Gasteiger partial charge is 0.497 e. The van der Waals surface area contributed by atoms with Gasteiger partial charge in [0, 0.05) is 31.4 Å². The third-order valence-electron chi connectivity index (χ3n) is 4.55. The van der Waals surface area contributed by atoms with Crippen molar-refractivity contribution < 1.29 is 14.3 Å². The molecule has 2 amide bonds. The number of carbonyl (C=O) groups is 2. The number of pyridine rings is 1. The second-order valence-electron chi connectivity index (χ2n) is 6.50. The van der Waals surface area contributed by atoms with E-state index in [4.69, 9.17) is 4.74 Å². The maximum atomic E-state index is 12.3. The number of aromatic nitrogens is 1. The Bertz CT molecular complexity index is 772. The van der Waals surface area contributed by atoms with Gasteiger partial charge in [0.25, 0.3) is 5.91 Å². The summed E-state index contributed by atoms with van der Waals surface area (Å²) < 4.78 is 5.15. The molecule has 1 atom stereocenters. The van der Waals surface area contributed by atoms with Gasteiger partial charge in [-0.25, -0.2) is 0 Å². The number of amides is 2. The SMILES string of the molecule is COc1ccc(CCN2C[C@@H](NC(=O)c3ccc(C)nc3)CC2=O)cc1. The molecule has 1 aromatic carbocycles. The molecule has 0 aliphatic carbocycles. The molecule has 3 rings (SSSR count). The minimum Gasteiger partial charge on any atom is -0.497 e. The summed E-state index contributed by atoms with van der Waals surface area (Å²) in [5.74, 6) is 0.706. The molecule has 26 heavy (non-hydrogen) atoms. The Kier molecular flexibility index (Phi) is 5.51. The molecule has 136 valence electrons. The fourth-order valence-corrected chi connectivity index (χ4v) is 3.01. The molecule has 0 spiro atoms. The smallest absolute Gasteiger partial charge is 0.253 e. The minimum absolute atomic E-state index is 0.0749. The highest BCUT2D eigenvalue weighted by Crippen LogP contribution is 2.15. The summed E-state index contributed by atoms with van der Waals surface area (Å²) in [5, 5.41) is 2.93. The molecule has 6 heteroatoms. The van der Waals surface area contributed by atoms with Crippen LogP contribution in [0, 0.1) is 6.92 Å². The van der Waals surface area contributed by atoms with Gasteiger partial charge < -0.3 is 15.0 Å². The number of aryl methyl sites for hydroxylation is 1. The van der Waals surface area contributed by atoms with Crippen molar-refractivity contribution in [2.75, 3.05) is 20.2 Å². The average molecular weight is 353 g/mol. The Morgan fingerprint density at radius 1 is 1.27 bits per heavy atom. The summed E-state index contributed by atoms with van der Waals surface area (Å²) in [6.07, 6.45) is 2.68. The van der Waals surface area contributed by atoms with Crippen LogP contribution < -0.4 is 10.1 Å². The zero-order valence-electron chi connectivity index (χ0n) is 15.1. The van der Waals surface area contributed by atoms with E-state index in [1.54, 1.807) is 25.4 Å². The molecule has 1 fully saturated rings. The van der Waals surface area contributed by atoms with Crippen LogP contribution in [0.4, 0.5) is 0 Å². The van der Waals surface area contributed by atoms with Gasteiger partial charge in [-0.3, -0.25) is 14.6 Å². The molecule has 0 unspecified atom stereocenters. The van der Waals surface area contributed by atoms with E-state index < -0.39 is 0 Å². The number of hydrogen-bond acceptors (Lipinski definition) is 4. The predicted molar refractivity (Wildman–Crippen MR) is 98.1 cm³/mol. The summed E-state index contributed by atoms with van der Waals surface area (Å²) >= 11 is 0. The molecule has 2 heterocycles. The molecular weight excluding hydrogens is 330 g/mol. The van der Waals surface area contributed by atoms with E-state index in [-0.39, 0.29) is 17.9 Å². The number of carbonyl (C=O) groups excluding carboxylic acids is 2. The van der Waals surface area contributed by atoms with E-state index in [1.165, 1.54) is 0 Å². The third-order valence-corrected chi connectivity index (χ3v) is 4.55. The molecule has 1 saturated heterocycles. The van der Waals surface area contributed by atoms with E-state index >= 15 is 0 Å². The molecule has 6 nitrogen and oxygen atoms in total. The fourth-order valence-electron chi connectivity index (χ4n) is 3.01. The lowest BCUT2D eigenvalue weighted by molar-refractivity contribution is -0.127. The lowest BCUT2D eigenvalue weighted by atomic mass is 10.1. The van der Waals surface area contributed by atoms with Crippen LogP contribution in [0.3, 0.4) is 0 Å². The van der Waals surface area contributed by atoms with Crippen LogP contribution in [0.2, 0.25) is 0 Å². The fraction of sp³-hybridized carbons (Fsp3) is 0.350. The molecule has 1 N–H and O–H groups in total. The summed E-state index contributed by atoms with van der Waals surface area (Å²) in [6, 6.07) is 11.2. The van der Waals surface area contributed by atoms with Gasteiger partial charge in [0.1, 0.15) is 5.75 Å². The first-order valence-electron chi connectivity index (χ1n) is 8.69. The topological polar surface area (TPSA) is 71.5 Å². The molecule has 1 aliphatic rings. The van der Waals surface area contributed by atoms with Gasteiger partial charge in [-0.05, 0) is 43.2 Å². The number of likely N-dealkylation sites (tertiary alicyclic amines) is 1. The normalized spacial score (nSPS) is 16.6. The molecule has 1 aromatic heterocycles. The molecule has 2 aromatic rings. The quantitative estimate of drug-likeness (QED) is 0.862. The summed E-state index contributed by atoms with van der Waals surface area (Å²) in [7, 11) is 1.64. The highest BCUT2D eigenvalue weighted by molar-refractivity contribution is 5.94. The number of nitrogens with one attached hydrogen (secondary N) is 1. The molecule has 0 saturated carbocycles. The molecule has 0 radical (unpaired) electrons. The van der Waals surface area contributed by atoms with Crippen molar-refractivity contribution in [1.29, 1.82) is 0 Å². The second-order valence-corrected chi connectivity index (χ2v) is 6.50. The number of benzene rings is 1. The molecular formula is C20H23N3O3. The van der Waals surface area contributed by atoms with Crippen molar-refractivity contribution >= 4 is 11.8 Å². The lowest BCUT2D eigenvalue weighted by Crippen LogP contribution is -2.37. The van der Waals surface area contributed by atoms with E-state index in [9.17, 15) is 9.59 Å². The van der Waals surface area contributed by atoms with Gasteiger partial charge in [0.2, 0.25) is 5.91 Å². The Balaban J connectivity index is 1.51. The Labute approximate surface area is 153 Å². The Morgan fingerprint density at radius 3 is 2.69 bits per heavy atom. The summed E-state index contributed by atoms with van der Waals surface area (Å²) in [5.41, 5.74) is 2.53. The average Bonchev–Trinajstić information content (AvgIpc) is 3.00. The first-order chi connectivity index (χ1) is 12.5. The van der Waals surface area contributed by atoms with Crippen LogP contribution in [0.15, 0.2) is 42.6 Å². The highest BCUT2D eigenvalue weighted by Gasteiger charge is 2.30. The van der Waals surface area contributed by atoms with Gasteiger partial charge in [0.15, 0.2) is 0 Å². The van der Waals surface area contributed by atoms with Crippen LogP contribution >= 0.6 is 0 Å². The summed E-state index contributed by atoms with van der Waals surface area (Å²) in [4.78, 5) is 30.4. The van der Waals surface area contributed by atoms with Gasteiger partial charge >= 0.3 is 0 Å². The van der Waals surface area contributed by atoms with Crippen molar-refractivity contribution in [1.82, 2.24) is 15.2 Å². The number of hydrogen-bond donors (Lipinski definition) is 1. The van der Waals surface area contributed by atoms with Crippen molar-refractivity contribution in [2.45, 2.75) is 25.8 Å². The zero-order valence-corrected chi connectivity index (χ0v) is 15.1. The van der Waals surface area contributed by atoms with E-state index in [0.29, 0.717) is 25.1 Å². The number of methoxy groups -OCH3 is 1. The van der Waals surface area contributed by atoms with Crippen LogP contribution in [0.5, 0.6) is 5.75 Å². The van der Waals surface area contributed by atoms with Gasteiger partial charge in [0.05, 0.1) is 18.7 Å². The Hall–Kier alpha value is -2.89. The second kappa shape index (κ2) is 7.99. The molecule has 0 bridgehead atoms. The number of nitrogens with zero attached hydrogens (tertiary/aromatic N) is 2. The standard InChI is InChI=1S/C20H23N3O3/c1-14-3-6-16(12-21-14)20(25)22-17-11-19(24)23(13-17)10-9-15-4-7-18(26-2)8-5-15/h3-8,12,17H,9-11,13H2,1-2H3,(H,22,25)/t17-/m0/s1. The monoisotopic (exact) mass is 353 g/mol. The van der Waals surface area contributed by atoms with E-state index in [0.717, 1.165) is 23.4 Å².